The molecule has 0 aliphatic heterocycles. The van der Waals surface area contributed by atoms with Gasteiger partial charge in [-0.15, -0.1) is 5.10 Å². The first-order valence-corrected chi connectivity index (χ1v) is 5.67. The van der Waals surface area contributed by atoms with Crippen molar-refractivity contribution in [2.24, 2.45) is 0 Å². The van der Waals surface area contributed by atoms with Crippen molar-refractivity contribution in [1.82, 2.24) is 20.3 Å². The number of aryl methyl sites for hydroxylation is 1. The van der Waals surface area contributed by atoms with Gasteiger partial charge in [0.1, 0.15) is 5.76 Å². The van der Waals surface area contributed by atoms with Gasteiger partial charge in [0.15, 0.2) is 0 Å². The fourth-order valence-corrected chi connectivity index (χ4v) is 1.38. The quantitative estimate of drug-likeness (QED) is 0.864. The van der Waals surface area contributed by atoms with E-state index in [1.54, 1.807) is 5.10 Å². The number of alkyl halides is 3. The highest BCUT2D eigenvalue weighted by Gasteiger charge is 2.35. The molecule has 0 fully saturated rings. The summed E-state index contributed by atoms with van der Waals surface area (Å²) in [5.41, 5.74) is 0. The minimum Gasteiger partial charge on any atom is -0.479 e. The van der Waals surface area contributed by atoms with Crippen molar-refractivity contribution in [2.75, 3.05) is 12.4 Å². The lowest BCUT2D eigenvalue weighted by molar-refractivity contribution is -0.144. The van der Waals surface area contributed by atoms with Crippen molar-refractivity contribution in [1.29, 1.82) is 0 Å². The molecule has 0 atom stereocenters. The average Bonchev–Trinajstić information content (AvgIpc) is 3.04. The number of H-pyrrole nitrogens is 1. The number of aromatic amines is 1. The summed E-state index contributed by atoms with van der Waals surface area (Å²) in [6, 6.07) is 1.50. The van der Waals surface area contributed by atoms with Crippen LogP contribution in [0.5, 0.6) is 5.88 Å². The number of hydrogen-bond donors (Lipinski definition) is 2. The van der Waals surface area contributed by atoms with Crippen LogP contribution in [0, 0.1) is 0 Å². The SMILES string of the molecule is COc1cc(CCC(=O)Nc2n[nH]c(C(F)(F)F)n2)on1. The van der Waals surface area contributed by atoms with Gasteiger partial charge in [-0.2, -0.15) is 18.2 Å². The number of ether oxygens (including phenoxy) is 1. The number of amides is 1. The summed E-state index contributed by atoms with van der Waals surface area (Å²) in [6.45, 7) is 0. The molecule has 0 unspecified atom stereocenters. The number of carbonyl (C=O) groups excluding carboxylic acids is 1. The van der Waals surface area contributed by atoms with E-state index in [0.717, 1.165) is 0 Å². The summed E-state index contributed by atoms with van der Waals surface area (Å²) >= 11 is 0. The summed E-state index contributed by atoms with van der Waals surface area (Å²) in [4.78, 5) is 14.7. The Balaban J connectivity index is 1.85. The van der Waals surface area contributed by atoms with Crippen molar-refractivity contribution in [2.45, 2.75) is 19.0 Å². The van der Waals surface area contributed by atoms with Gasteiger partial charge >= 0.3 is 6.18 Å². The van der Waals surface area contributed by atoms with E-state index >= 15 is 0 Å². The van der Waals surface area contributed by atoms with E-state index in [9.17, 15) is 18.0 Å². The Bertz CT molecular complexity index is 621. The Hall–Kier alpha value is -2.59. The van der Waals surface area contributed by atoms with E-state index in [4.69, 9.17) is 9.26 Å². The second-order valence-electron chi connectivity index (χ2n) is 3.89. The van der Waals surface area contributed by atoms with E-state index in [1.165, 1.54) is 13.2 Å². The molecule has 0 bridgehead atoms. The Labute approximate surface area is 115 Å². The molecule has 11 heteroatoms. The van der Waals surface area contributed by atoms with Crippen LogP contribution >= 0.6 is 0 Å². The highest BCUT2D eigenvalue weighted by molar-refractivity contribution is 5.88. The standard InChI is InChI=1S/C10H10F3N5O3/c1-20-7-4-5(21-18-7)2-3-6(19)14-9-15-8(16-17-9)10(11,12)13/h4H,2-3H2,1H3,(H2,14,15,16,17,19). The van der Waals surface area contributed by atoms with Crippen LogP contribution < -0.4 is 10.1 Å². The zero-order chi connectivity index (χ0) is 15.5. The van der Waals surface area contributed by atoms with Crippen LogP contribution in [0.4, 0.5) is 19.1 Å². The normalized spacial score (nSPS) is 11.4. The molecule has 0 spiro atoms. The van der Waals surface area contributed by atoms with Gasteiger partial charge in [0, 0.05) is 18.9 Å². The smallest absolute Gasteiger partial charge is 0.451 e. The number of aromatic nitrogens is 4. The third-order valence-electron chi connectivity index (χ3n) is 2.35. The predicted molar refractivity (Wildman–Crippen MR) is 61.4 cm³/mol. The molecule has 8 nitrogen and oxygen atoms in total. The monoisotopic (exact) mass is 305 g/mol. The number of rotatable bonds is 5. The molecule has 1 amide bonds. The highest BCUT2D eigenvalue weighted by Crippen LogP contribution is 2.26. The van der Waals surface area contributed by atoms with Crippen LogP contribution in [0.15, 0.2) is 10.6 Å². The Morgan fingerprint density at radius 2 is 2.29 bits per heavy atom. The molecule has 21 heavy (non-hydrogen) atoms. The van der Waals surface area contributed by atoms with Crippen LogP contribution in [0.25, 0.3) is 0 Å². The molecule has 0 aliphatic rings. The first-order chi connectivity index (χ1) is 9.88. The van der Waals surface area contributed by atoms with E-state index in [0.29, 0.717) is 5.76 Å². The molecule has 0 radical (unpaired) electrons. The van der Waals surface area contributed by atoms with E-state index < -0.39 is 23.9 Å². The van der Waals surface area contributed by atoms with E-state index in [2.05, 4.69) is 20.6 Å². The molecule has 0 saturated heterocycles. The number of halogens is 3. The van der Waals surface area contributed by atoms with Crippen LogP contribution in [-0.2, 0) is 17.4 Å². The highest BCUT2D eigenvalue weighted by atomic mass is 19.4. The molecular formula is C10H10F3N5O3. The lowest BCUT2D eigenvalue weighted by Gasteiger charge is -1.99. The zero-order valence-corrected chi connectivity index (χ0v) is 10.7. The van der Waals surface area contributed by atoms with Gasteiger partial charge < -0.3 is 9.26 Å². The van der Waals surface area contributed by atoms with Crippen molar-refractivity contribution >= 4 is 11.9 Å². The maximum Gasteiger partial charge on any atom is 0.451 e. The van der Waals surface area contributed by atoms with Crippen LogP contribution in [0.2, 0.25) is 0 Å². The molecular weight excluding hydrogens is 295 g/mol. The molecule has 2 heterocycles. The van der Waals surface area contributed by atoms with Gasteiger partial charge in [-0.25, -0.2) is 0 Å². The number of methoxy groups -OCH3 is 1. The molecule has 2 rings (SSSR count). The van der Waals surface area contributed by atoms with Crippen molar-refractivity contribution in [3.63, 3.8) is 0 Å². The van der Waals surface area contributed by atoms with Gasteiger partial charge in [0.25, 0.3) is 5.88 Å². The topological polar surface area (TPSA) is 106 Å². The molecule has 2 aromatic rings. The number of nitrogens with one attached hydrogen (secondary N) is 2. The molecule has 114 valence electrons. The largest absolute Gasteiger partial charge is 0.479 e. The maximum atomic E-state index is 12.3. The summed E-state index contributed by atoms with van der Waals surface area (Å²) in [7, 11) is 1.41. The lowest BCUT2D eigenvalue weighted by atomic mass is 10.2. The summed E-state index contributed by atoms with van der Waals surface area (Å²) in [6.07, 6.45) is -4.47. The zero-order valence-electron chi connectivity index (χ0n) is 10.7. The molecule has 2 aromatic heterocycles. The molecule has 0 aromatic carbocycles. The summed E-state index contributed by atoms with van der Waals surface area (Å²) in [5.74, 6) is -1.60. The fourth-order valence-electron chi connectivity index (χ4n) is 1.38. The molecule has 0 aliphatic carbocycles. The van der Waals surface area contributed by atoms with Gasteiger partial charge in [-0.1, -0.05) is 0 Å². The maximum absolute atomic E-state index is 12.3. The third kappa shape index (κ3) is 3.94. The Morgan fingerprint density at radius 1 is 1.52 bits per heavy atom. The molecule has 2 N–H and O–H groups in total. The first kappa shape index (κ1) is 14.8. The number of anilines is 1. The first-order valence-electron chi connectivity index (χ1n) is 5.67. The Kier molecular flexibility index (Phi) is 4.10. The van der Waals surface area contributed by atoms with Crippen LogP contribution in [0.1, 0.15) is 18.0 Å². The number of nitrogens with zero attached hydrogens (tertiary/aromatic N) is 3. The summed E-state index contributed by atoms with van der Waals surface area (Å²) in [5, 5.41) is 10.6. The van der Waals surface area contributed by atoms with E-state index in [1.807, 2.05) is 0 Å². The Morgan fingerprint density at radius 3 is 2.86 bits per heavy atom. The second kappa shape index (κ2) is 5.81. The van der Waals surface area contributed by atoms with Crippen molar-refractivity contribution in [3.8, 4) is 5.88 Å². The molecule has 0 saturated carbocycles. The van der Waals surface area contributed by atoms with Gasteiger partial charge in [0.2, 0.25) is 17.7 Å². The van der Waals surface area contributed by atoms with Gasteiger partial charge in [-0.3, -0.25) is 15.2 Å². The second-order valence-corrected chi connectivity index (χ2v) is 3.89. The summed E-state index contributed by atoms with van der Waals surface area (Å²) < 4.78 is 46.5. The van der Waals surface area contributed by atoms with Crippen molar-refractivity contribution in [3.05, 3.63) is 17.7 Å². The lowest BCUT2D eigenvalue weighted by Crippen LogP contribution is -2.13. The van der Waals surface area contributed by atoms with Crippen LogP contribution in [0.3, 0.4) is 0 Å². The number of hydrogen-bond acceptors (Lipinski definition) is 6. The predicted octanol–water partition coefficient (Wildman–Crippen LogP) is 1.39. The van der Waals surface area contributed by atoms with Crippen molar-refractivity contribution < 1.29 is 27.2 Å². The number of carbonyl (C=O) groups is 1. The third-order valence-corrected chi connectivity index (χ3v) is 2.35. The van der Waals surface area contributed by atoms with Crippen LogP contribution in [-0.4, -0.2) is 33.4 Å². The van der Waals surface area contributed by atoms with Gasteiger partial charge in [-0.05, 0) is 5.16 Å². The minimum atomic E-state index is -4.65. The minimum absolute atomic E-state index is 0.0335. The van der Waals surface area contributed by atoms with Gasteiger partial charge in [0.05, 0.1) is 7.11 Å². The van der Waals surface area contributed by atoms with E-state index in [-0.39, 0.29) is 18.7 Å². The average molecular weight is 305 g/mol. The fraction of sp³-hybridized carbons (Fsp3) is 0.400.